The highest BCUT2D eigenvalue weighted by atomic mass is 79.9. The fourth-order valence-corrected chi connectivity index (χ4v) is 3.36. The molecule has 3 heteroatoms. The third kappa shape index (κ3) is 4.23. The number of aromatic nitrogens is 1. The number of rotatable bonds is 4. The molecule has 74 valence electrons. The van der Waals surface area contributed by atoms with Crippen LogP contribution in [0.4, 0.5) is 0 Å². The highest BCUT2D eigenvalue weighted by molar-refractivity contribution is 9.09. The molecule has 0 amide bonds. The van der Waals surface area contributed by atoms with Crippen molar-refractivity contribution in [3.05, 3.63) is 16.6 Å². The SMILES string of the molecule is CC(Br)CC(C)(C)Cc1cncs1. The van der Waals surface area contributed by atoms with Gasteiger partial charge in [0.15, 0.2) is 0 Å². The lowest BCUT2D eigenvalue weighted by Gasteiger charge is -2.25. The Kier molecular flexibility index (Phi) is 3.92. The third-order valence-corrected chi connectivity index (χ3v) is 3.07. The quantitative estimate of drug-likeness (QED) is 0.750. The smallest absolute Gasteiger partial charge is 0.0794 e. The molecular formula is C10H16BrNS. The standard InChI is InChI=1S/C10H16BrNS/c1-8(11)4-10(2,3)5-9-6-12-7-13-9/h6-8H,4-5H2,1-3H3. The van der Waals surface area contributed by atoms with E-state index in [4.69, 9.17) is 0 Å². The Balaban J connectivity index is 2.51. The first-order valence-electron chi connectivity index (χ1n) is 4.51. The molecule has 1 atom stereocenters. The fraction of sp³-hybridized carbons (Fsp3) is 0.700. The second-order valence-corrected chi connectivity index (χ2v) is 6.83. The van der Waals surface area contributed by atoms with Gasteiger partial charge in [-0.25, -0.2) is 0 Å². The Bertz CT molecular complexity index is 241. The van der Waals surface area contributed by atoms with Gasteiger partial charge in [0.05, 0.1) is 5.51 Å². The molecule has 0 spiro atoms. The topological polar surface area (TPSA) is 12.9 Å². The highest BCUT2D eigenvalue weighted by Crippen LogP contribution is 2.30. The van der Waals surface area contributed by atoms with Gasteiger partial charge in [-0.05, 0) is 18.3 Å². The van der Waals surface area contributed by atoms with Gasteiger partial charge in [-0.15, -0.1) is 11.3 Å². The molecule has 0 aromatic carbocycles. The molecule has 0 radical (unpaired) electrons. The van der Waals surface area contributed by atoms with Crippen LogP contribution in [0.2, 0.25) is 0 Å². The molecular weight excluding hydrogens is 246 g/mol. The molecule has 0 aliphatic rings. The second kappa shape index (κ2) is 4.56. The second-order valence-electron chi connectivity index (χ2n) is 4.29. The molecule has 1 aromatic heterocycles. The molecule has 0 aliphatic carbocycles. The van der Waals surface area contributed by atoms with Crippen molar-refractivity contribution in [1.29, 1.82) is 0 Å². The van der Waals surface area contributed by atoms with Gasteiger partial charge in [-0.2, -0.15) is 0 Å². The lowest BCUT2D eigenvalue weighted by Crippen LogP contribution is -2.18. The Hall–Kier alpha value is 0.110. The molecule has 0 saturated carbocycles. The molecule has 0 aliphatic heterocycles. The van der Waals surface area contributed by atoms with Crippen LogP contribution in [-0.2, 0) is 6.42 Å². The van der Waals surface area contributed by atoms with Gasteiger partial charge in [-0.1, -0.05) is 36.7 Å². The Labute approximate surface area is 92.7 Å². The number of alkyl halides is 1. The number of nitrogens with zero attached hydrogens (tertiary/aromatic N) is 1. The number of thiazole rings is 1. The summed E-state index contributed by atoms with van der Waals surface area (Å²) in [5.74, 6) is 0. The molecule has 0 bridgehead atoms. The Morgan fingerprint density at radius 2 is 2.31 bits per heavy atom. The van der Waals surface area contributed by atoms with Gasteiger partial charge >= 0.3 is 0 Å². The normalized spacial score (nSPS) is 14.5. The minimum absolute atomic E-state index is 0.370. The summed E-state index contributed by atoms with van der Waals surface area (Å²) in [6.07, 6.45) is 4.31. The van der Waals surface area contributed by atoms with Crippen molar-refractivity contribution in [2.24, 2.45) is 5.41 Å². The van der Waals surface area contributed by atoms with Crippen LogP contribution in [0, 0.1) is 5.41 Å². The largest absolute Gasteiger partial charge is 0.253 e. The van der Waals surface area contributed by atoms with Gasteiger partial charge in [0.25, 0.3) is 0 Å². The summed E-state index contributed by atoms with van der Waals surface area (Å²) in [5, 5.41) is 0. The zero-order chi connectivity index (χ0) is 9.90. The molecule has 1 aromatic rings. The summed E-state index contributed by atoms with van der Waals surface area (Å²) < 4.78 is 0. The van der Waals surface area contributed by atoms with Crippen molar-refractivity contribution < 1.29 is 0 Å². The molecule has 1 nitrogen and oxygen atoms in total. The minimum Gasteiger partial charge on any atom is -0.253 e. The van der Waals surface area contributed by atoms with E-state index in [0.29, 0.717) is 10.2 Å². The van der Waals surface area contributed by atoms with Crippen LogP contribution in [0.3, 0.4) is 0 Å². The zero-order valence-corrected chi connectivity index (χ0v) is 10.8. The van der Waals surface area contributed by atoms with E-state index >= 15 is 0 Å². The van der Waals surface area contributed by atoms with Crippen LogP contribution in [0.1, 0.15) is 32.1 Å². The van der Waals surface area contributed by atoms with Crippen LogP contribution >= 0.6 is 27.3 Å². The Morgan fingerprint density at radius 3 is 2.77 bits per heavy atom. The van der Waals surface area contributed by atoms with Gasteiger partial charge in [-0.3, -0.25) is 4.98 Å². The van der Waals surface area contributed by atoms with Crippen LogP contribution in [0.15, 0.2) is 11.7 Å². The van der Waals surface area contributed by atoms with Crippen molar-refractivity contribution in [1.82, 2.24) is 4.98 Å². The van der Waals surface area contributed by atoms with Crippen molar-refractivity contribution in [2.45, 2.75) is 38.4 Å². The predicted molar refractivity (Wildman–Crippen MR) is 62.6 cm³/mol. The van der Waals surface area contributed by atoms with E-state index in [9.17, 15) is 0 Å². The molecule has 1 heterocycles. The molecule has 0 saturated heterocycles. The first-order valence-corrected chi connectivity index (χ1v) is 6.30. The first kappa shape index (κ1) is 11.2. The lowest BCUT2D eigenvalue weighted by atomic mass is 9.84. The minimum atomic E-state index is 0.370. The van der Waals surface area contributed by atoms with Gasteiger partial charge < -0.3 is 0 Å². The van der Waals surface area contributed by atoms with E-state index in [0.717, 1.165) is 6.42 Å². The van der Waals surface area contributed by atoms with Crippen molar-refractivity contribution >= 4 is 27.3 Å². The average Bonchev–Trinajstić information content (AvgIpc) is 2.34. The summed E-state index contributed by atoms with van der Waals surface area (Å²) in [4.78, 5) is 6.07. The molecule has 1 unspecified atom stereocenters. The van der Waals surface area contributed by atoms with Gasteiger partial charge in [0.1, 0.15) is 0 Å². The maximum Gasteiger partial charge on any atom is 0.0794 e. The number of hydrogen-bond acceptors (Lipinski definition) is 2. The fourth-order valence-electron chi connectivity index (χ4n) is 1.63. The molecule has 13 heavy (non-hydrogen) atoms. The van der Waals surface area contributed by atoms with Gasteiger partial charge in [0.2, 0.25) is 0 Å². The van der Waals surface area contributed by atoms with E-state index < -0.39 is 0 Å². The summed E-state index contributed by atoms with van der Waals surface area (Å²) in [6.45, 7) is 6.82. The summed E-state index contributed by atoms with van der Waals surface area (Å²) in [6, 6.07) is 0. The van der Waals surface area contributed by atoms with E-state index in [1.54, 1.807) is 11.3 Å². The lowest BCUT2D eigenvalue weighted by molar-refractivity contribution is 0.337. The maximum atomic E-state index is 4.09. The van der Waals surface area contributed by atoms with Crippen LogP contribution in [0.5, 0.6) is 0 Å². The number of halogens is 1. The van der Waals surface area contributed by atoms with Crippen molar-refractivity contribution in [2.75, 3.05) is 0 Å². The van der Waals surface area contributed by atoms with E-state index in [1.165, 1.54) is 11.3 Å². The summed E-state index contributed by atoms with van der Waals surface area (Å²) in [5.41, 5.74) is 2.28. The summed E-state index contributed by atoms with van der Waals surface area (Å²) in [7, 11) is 0. The predicted octanol–water partition coefficient (Wildman–Crippen LogP) is 3.89. The van der Waals surface area contributed by atoms with Gasteiger partial charge in [0, 0.05) is 15.9 Å². The van der Waals surface area contributed by atoms with E-state index in [2.05, 4.69) is 41.7 Å². The first-order chi connectivity index (χ1) is 5.99. The molecule has 1 rings (SSSR count). The van der Waals surface area contributed by atoms with E-state index in [1.807, 2.05) is 11.7 Å². The number of hydrogen-bond donors (Lipinski definition) is 0. The van der Waals surface area contributed by atoms with Crippen LogP contribution < -0.4 is 0 Å². The van der Waals surface area contributed by atoms with Crippen molar-refractivity contribution in [3.8, 4) is 0 Å². The molecule has 0 fully saturated rings. The maximum absolute atomic E-state index is 4.09. The zero-order valence-electron chi connectivity index (χ0n) is 8.38. The molecule has 0 N–H and O–H groups in total. The monoisotopic (exact) mass is 261 g/mol. The highest BCUT2D eigenvalue weighted by Gasteiger charge is 2.21. The average molecular weight is 262 g/mol. The van der Waals surface area contributed by atoms with Crippen LogP contribution in [0.25, 0.3) is 0 Å². The Morgan fingerprint density at radius 1 is 1.62 bits per heavy atom. The third-order valence-electron chi connectivity index (χ3n) is 1.97. The van der Waals surface area contributed by atoms with Crippen molar-refractivity contribution in [3.63, 3.8) is 0 Å². The van der Waals surface area contributed by atoms with Crippen LogP contribution in [-0.4, -0.2) is 9.81 Å². The van der Waals surface area contributed by atoms with E-state index in [-0.39, 0.29) is 0 Å². The summed E-state index contributed by atoms with van der Waals surface area (Å²) >= 11 is 5.35.